The highest BCUT2D eigenvalue weighted by atomic mass is 16.3. The number of hydrogen-bond acceptors (Lipinski definition) is 6. The van der Waals surface area contributed by atoms with Crippen molar-refractivity contribution in [2.75, 3.05) is 0 Å². The Hall–Kier alpha value is -6.92. The fourth-order valence-electron chi connectivity index (χ4n) is 7.61. The Morgan fingerprint density at radius 1 is 0.451 bits per heavy atom. The lowest BCUT2D eigenvalue weighted by Gasteiger charge is -2.24. The topological polar surface area (TPSA) is 76.2 Å². The number of furan rings is 3. The van der Waals surface area contributed by atoms with E-state index in [2.05, 4.69) is 84.2 Å². The molecule has 51 heavy (non-hydrogen) atoms. The number of fused-ring (bicyclic) bond motifs is 9. The van der Waals surface area contributed by atoms with Gasteiger partial charge in [-0.2, -0.15) is 0 Å². The van der Waals surface area contributed by atoms with Crippen LogP contribution >= 0.6 is 0 Å². The number of nitrogens with zero attached hydrogens (tertiary/aromatic N) is 2. The summed E-state index contributed by atoms with van der Waals surface area (Å²) in [5.41, 5.74) is 9.84. The largest absolute Gasteiger partial charge is 0.456 e. The quantitative estimate of drug-likeness (QED) is 0.204. The van der Waals surface area contributed by atoms with E-state index in [0.717, 1.165) is 99.5 Å². The van der Waals surface area contributed by atoms with Crippen molar-refractivity contribution in [3.8, 4) is 11.1 Å². The van der Waals surface area contributed by atoms with E-state index in [0.29, 0.717) is 5.84 Å². The van der Waals surface area contributed by atoms with Gasteiger partial charge in [0.05, 0.1) is 0 Å². The standard InChI is InChI=1S/C45H27N3O3/c1-2-11-26(12-3-1)43-46-44(48-45(47-43)34-19-9-17-32-30-14-5-7-21-37(30)51-42(32)34)33-18-10-22-39-40(33)35-25-27(23-24-38(35)49-39)28-15-8-16-31-29-13-4-6-20-36(29)50-41(28)31/h1-25,45H,(H,46,47,48). The number of para-hydroxylation sites is 4. The third-order valence-electron chi connectivity index (χ3n) is 9.97. The molecule has 0 aliphatic carbocycles. The lowest BCUT2D eigenvalue weighted by Crippen LogP contribution is -2.33. The van der Waals surface area contributed by atoms with Gasteiger partial charge in [0.2, 0.25) is 0 Å². The highest BCUT2D eigenvalue weighted by Gasteiger charge is 2.26. The van der Waals surface area contributed by atoms with Crippen molar-refractivity contribution < 1.29 is 13.3 Å². The monoisotopic (exact) mass is 657 g/mol. The summed E-state index contributed by atoms with van der Waals surface area (Å²) in [6.07, 6.45) is -0.452. The Balaban J connectivity index is 1.12. The van der Waals surface area contributed by atoms with Crippen LogP contribution in [0.25, 0.3) is 76.9 Å². The van der Waals surface area contributed by atoms with E-state index in [1.54, 1.807) is 0 Å². The molecule has 11 rings (SSSR count). The van der Waals surface area contributed by atoms with E-state index in [-0.39, 0.29) is 0 Å². The second-order valence-electron chi connectivity index (χ2n) is 12.9. The molecule has 0 fully saturated rings. The molecule has 6 nitrogen and oxygen atoms in total. The second kappa shape index (κ2) is 10.8. The maximum Gasteiger partial charge on any atom is 0.160 e. The van der Waals surface area contributed by atoms with Crippen LogP contribution in [0.15, 0.2) is 175 Å². The zero-order valence-corrected chi connectivity index (χ0v) is 27.1. The fourth-order valence-corrected chi connectivity index (χ4v) is 7.61. The van der Waals surface area contributed by atoms with Gasteiger partial charge in [-0.25, -0.2) is 9.98 Å². The smallest absolute Gasteiger partial charge is 0.160 e. The molecule has 7 aromatic carbocycles. The molecule has 4 heterocycles. The Morgan fingerprint density at radius 2 is 1.08 bits per heavy atom. The Kier molecular flexibility index (Phi) is 5.92. The van der Waals surface area contributed by atoms with Crippen LogP contribution < -0.4 is 5.32 Å². The molecule has 240 valence electrons. The first-order chi connectivity index (χ1) is 25.3. The van der Waals surface area contributed by atoms with Crippen molar-refractivity contribution in [3.05, 3.63) is 168 Å². The molecule has 0 radical (unpaired) electrons. The maximum absolute atomic E-state index is 6.47. The fraction of sp³-hybridized carbons (Fsp3) is 0.0222. The second-order valence-corrected chi connectivity index (χ2v) is 12.9. The van der Waals surface area contributed by atoms with Gasteiger partial charge in [0, 0.05) is 54.6 Å². The van der Waals surface area contributed by atoms with Crippen LogP contribution in [-0.4, -0.2) is 11.7 Å². The van der Waals surface area contributed by atoms with Crippen molar-refractivity contribution in [2.45, 2.75) is 6.17 Å². The van der Waals surface area contributed by atoms with E-state index in [9.17, 15) is 0 Å². The minimum Gasteiger partial charge on any atom is -0.456 e. The van der Waals surface area contributed by atoms with E-state index in [4.69, 9.17) is 23.2 Å². The van der Waals surface area contributed by atoms with Crippen molar-refractivity contribution in [3.63, 3.8) is 0 Å². The van der Waals surface area contributed by atoms with Crippen molar-refractivity contribution in [2.24, 2.45) is 9.98 Å². The van der Waals surface area contributed by atoms with Gasteiger partial charge in [-0.1, -0.05) is 121 Å². The number of benzene rings is 7. The molecule has 0 saturated heterocycles. The summed E-state index contributed by atoms with van der Waals surface area (Å²) < 4.78 is 19.4. The molecule has 1 aliphatic rings. The van der Waals surface area contributed by atoms with Crippen molar-refractivity contribution in [1.82, 2.24) is 5.32 Å². The third kappa shape index (κ3) is 4.30. The molecule has 0 amide bonds. The molecule has 0 bridgehead atoms. The molecule has 10 aromatic rings. The molecule has 1 aliphatic heterocycles. The van der Waals surface area contributed by atoms with Gasteiger partial charge in [0.1, 0.15) is 39.3 Å². The van der Waals surface area contributed by atoms with E-state index < -0.39 is 6.17 Å². The SMILES string of the molecule is c1ccc(C2=NC(c3cccc4oc5ccc(-c6cccc7c6oc6ccccc67)cc5c34)=NC(c3cccc4c3oc3ccccc34)N2)cc1. The van der Waals surface area contributed by atoms with E-state index in [1.165, 1.54) is 0 Å². The van der Waals surface area contributed by atoms with Gasteiger partial charge in [0.15, 0.2) is 12.0 Å². The predicted molar refractivity (Wildman–Crippen MR) is 206 cm³/mol. The van der Waals surface area contributed by atoms with Crippen LogP contribution in [0.3, 0.4) is 0 Å². The summed E-state index contributed by atoms with van der Waals surface area (Å²) in [5.74, 6) is 1.35. The first-order valence-corrected chi connectivity index (χ1v) is 17.0. The van der Waals surface area contributed by atoms with Crippen LogP contribution in [0.4, 0.5) is 0 Å². The maximum atomic E-state index is 6.47. The van der Waals surface area contributed by atoms with Crippen LogP contribution in [0.2, 0.25) is 0 Å². The van der Waals surface area contributed by atoms with Gasteiger partial charge in [-0.15, -0.1) is 0 Å². The molecular weight excluding hydrogens is 631 g/mol. The first-order valence-electron chi connectivity index (χ1n) is 17.0. The number of rotatable bonds is 4. The summed E-state index contributed by atoms with van der Waals surface area (Å²) >= 11 is 0. The third-order valence-corrected chi connectivity index (χ3v) is 9.97. The molecule has 3 aromatic heterocycles. The van der Waals surface area contributed by atoms with Crippen LogP contribution in [-0.2, 0) is 0 Å². The van der Waals surface area contributed by atoms with Gasteiger partial charge in [-0.05, 0) is 35.9 Å². The van der Waals surface area contributed by atoms with Gasteiger partial charge < -0.3 is 18.6 Å². The van der Waals surface area contributed by atoms with Crippen LogP contribution in [0.1, 0.15) is 22.9 Å². The highest BCUT2D eigenvalue weighted by Crippen LogP contribution is 2.40. The lowest BCUT2D eigenvalue weighted by atomic mass is 9.98. The minimum atomic E-state index is -0.452. The zero-order chi connectivity index (χ0) is 33.5. The predicted octanol–water partition coefficient (Wildman–Crippen LogP) is 11.5. The molecule has 1 unspecified atom stereocenters. The van der Waals surface area contributed by atoms with Crippen LogP contribution in [0.5, 0.6) is 0 Å². The zero-order valence-electron chi connectivity index (χ0n) is 27.1. The molecule has 0 spiro atoms. The molecular formula is C45H27N3O3. The van der Waals surface area contributed by atoms with Crippen LogP contribution in [0, 0.1) is 0 Å². The number of amidine groups is 2. The number of aliphatic imine (C=N–C) groups is 2. The van der Waals surface area contributed by atoms with E-state index in [1.807, 2.05) is 72.8 Å². The summed E-state index contributed by atoms with van der Waals surface area (Å²) in [5, 5.41) is 9.91. The van der Waals surface area contributed by atoms with E-state index >= 15 is 0 Å². The molecule has 0 saturated carbocycles. The van der Waals surface area contributed by atoms with Crippen molar-refractivity contribution >= 4 is 77.5 Å². The van der Waals surface area contributed by atoms with Gasteiger partial charge in [-0.3, -0.25) is 0 Å². The first kappa shape index (κ1) is 28.0. The molecule has 6 heteroatoms. The number of hydrogen-bond donors (Lipinski definition) is 1. The summed E-state index contributed by atoms with van der Waals surface area (Å²) in [4.78, 5) is 10.5. The Bertz CT molecular complexity index is 3070. The summed E-state index contributed by atoms with van der Waals surface area (Å²) in [6, 6.07) is 51.5. The highest BCUT2D eigenvalue weighted by molar-refractivity contribution is 6.22. The van der Waals surface area contributed by atoms with Gasteiger partial charge in [0.25, 0.3) is 0 Å². The lowest BCUT2D eigenvalue weighted by molar-refractivity contribution is 0.628. The molecule has 1 N–H and O–H groups in total. The summed E-state index contributed by atoms with van der Waals surface area (Å²) in [7, 11) is 0. The van der Waals surface area contributed by atoms with Crippen molar-refractivity contribution in [1.29, 1.82) is 0 Å². The average molecular weight is 658 g/mol. The van der Waals surface area contributed by atoms with Gasteiger partial charge >= 0.3 is 0 Å². The average Bonchev–Trinajstić information content (AvgIpc) is 3.89. The minimum absolute atomic E-state index is 0.452. The molecule has 1 atom stereocenters. The number of nitrogens with one attached hydrogen (secondary N) is 1. The Morgan fingerprint density at radius 3 is 1.90 bits per heavy atom. The normalized spacial score (nSPS) is 14.9. The Labute approximate surface area is 291 Å². The summed E-state index contributed by atoms with van der Waals surface area (Å²) in [6.45, 7) is 0.